The highest BCUT2D eigenvalue weighted by Gasteiger charge is 2.22. The Morgan fingerprint density at radius 3 is 2.87 bits per heavy atom. The average molecular weight is 446 g/mol. The maximum absolute atomic E-state index is 12.9. The molecule has 0 aliphatic heterocycles. The summed E-state index contributed by atoms with van der Waals surface area (Å²) in [5.41, 5.74) is 0.811. The Labute approximate surface area is 186 Å². The fourth-order valence-corrected chi connectivity index (χ4v) is 5.28. The zero-order valence-corrected chi connectivity index (χ0v) is 19.3. The number of aliphatic hydroxyl groups excluding tert-OH is 1. The molecule has 0 fully saturated rings. The zero-order valence-electron chi connectivity index (χ0n) is 18.4. The smallest absolute Gasteiger partial charge is 0.259 e. The van der Waals surface area contributed by atoms with Crippen LogP contribution in [0.2, 0.25) is 0 Å². The lowest BCUT2D eigenvalue weighted by atomic mass is 9.97. The monoisotopic (exact) mass is 445 g/mol. The molecular weight excluding hydrogens is 414 g/mol. The second-order valence-electron chi connectivity index (χ2n) is 9.23. The molecule has 0 bridgehead atoms. The van der Waals surface area contributed by atoms with Crippen molar-refractivity contribution < 1.29 is 14.3 Å². The van der Waals surface area contributed by atoms with Crippen LogP contribution in [0.1, 0.15) is 55.6 Å². The number of fused-ring (bicyclic) bond motifs is 3. The molecule has 2 N–H and O–H groups in total. The van der Waals surface area contributed by atoms with Crippen molar-refractivity contribution in [2.45, 2.75) is 71.2 Å². The number of ether oxygens (including phenoxy) is 1. The van der Waals surface area contributed by atoms with Crippen molar-refractivity contribution in [1.82, 2.24) is 14.9 Å². The van der Waals surface area contributed by atoms with Crippen molar-refractivity contribution in [1.29, 1.82) is 0 Å². The minimum absolute atomic E-state index is 0.0611. The first kappa shape index (κ1) is 22.2. The number of hydrogen-bond acceptors (Lipinski definition) is 7. The van der Waals surface area contributed by atoms with Gasteiger partial charge in [0.25, 0.3) is 5.56 Å². The van der Waals surface area contributed by atoms with Gasteiger partial charge in [-0.15, -0.1) is 11.3 Å². The molecule has 31 heavy (non-hydrogen) atoms. The highest BCUT2D eigenvalue weighted by molar-refractivity contribution is 7.18. The predicted octanol–water partition coefficient (Wildman–Crippen LogP) is 3.63. The summed E-state index contributed by atoms with van der Waals surface area (Å²) < 4.78 is 11.2. The number of nitrogens with zero attached hydrogens (tertiary/aromatic N) is 2. The van der Waals surface area contributed by atoms with Gasteiger partial charge in [0.1, 0.15) is 16.4 Å². The van der Waals surface area contributed by atoms with E-state index < -0.39 is 6.10 Å². The van der Waals surface area contributed by atoms with Crippen molar-refractivity contribution in [3.8, 4) is 0 Å². The van der Waals surface area contributed by atoms with Crippen LogP contribution in [-0.2, 0) is 30.7 Å². The van der Waals surface area contributed by atoms with E-state index in [1.54, 1.807) is 17.6 Å². The molecule has 3 aromatic heterocycles. The van der Waals surface area contributed by atoms with Crippen LogP contribution in [0.4, 0.5) is 0 Å². The summed E-state index contributed by atoms with van der Waals surface area (Å²) >= 11 is 1.65. The third-order valence-electron chi connectivity index (χ3n) is 5.38. The van der Waals surface area contributed by atoms with Crippen LogP contribution < -0.4 is 5.56 Å². The van der Waals surface area contributed by atoms with Crippen molar-refractivity contribution in [3.63, 3.8) is 0 Å². The van der Waals surface area contributed by atoms with E-state index in [0.717, 1.165) is 35.2 Å². The van der Waals surface area contributed by atoms with Gasteiger partial charge in [-0.3, -0.25) is 9.69 Å². The Kier molecular flexibility index (Phi) is 6.62. The number of aromatic nitrogens is 2. The van der Waals surface area contributed by atoms with Gasteiger partial charge < -0.3 is 19.2 Å². The Balaban J connectivity index is 1.54. The maximum atomic E-state index is 12.9. The molecule has 0 amide bonds. The highest BCUT2D eigenvalue weighted by atomic mass is 32.1. The molecule has 8 heteroatoms. The van der Waals surface area contributed by atoms with Crippen LogP contribution in [0.3, 0.4) is 0 Å². The second kappa shape index (κ2) is 9.24. The molecule has 1 atom stereocenters. The fraction of sp³-hybridized carbons (Fsp3) is 0.565. The van der Waals surface area contributed by atoms with Crippen LogP contribution in [0.15, 0.2) is 27.6 Å². The quantitative estimate of drug-likeness (QED) is 0.550. The van der Waals surface area contributed by atoms with Crippen molar-refractivity contribution in [3.05, 3.63) is 50.8 Å². The molecule has 7 nitrogen and oxygen atoms in total. The number of nitrogens with one attached hydrogen (secondary N) is 1. The normalized spacial score (nSPS) is 15.5. The lowest BCUT2D eigenvalue weighted by Gasteiger charge is -2.26. The van der Waals surface area contributed by atoms with E-state index in [0.29, 0.717) is 25.5 Å². The largest absolute Gasteiger partial charge is 0.468 e. The Hall–Kier alpha value is -2.00. The van der Waals surface area contributed by atoms with E-state index in [2.05, 4.69) is 4.98 Å². The number of H-pyrrole nitrogens is 1. The SMILES string of the molecule is CC(C)(C)OC[C@H](O)CN(Cc1nc2sc3c(c2c(=O)[nH]1)CCCC3)Cc1ccco1. The van der Waals surface area contributed by atoms with Gasteiger partial charge in [0.2, 0.25) is 0 Å². The third kappa shape index (κ3) is 5.63. The van der Waals surface area contributed by atoms with Crippen LogP contribution in [0, 0.1) is 0 Å². The van der Waals surface area contributed by atoms with Gasteiger partial charge in [0.15, 0.2) is 0 Å². The first-order valence-corrected chi connectivity index (χ1v) is 11.7. The number of thiophene rings is 1. The molecule has 4 rings (SSSR count). The summed E-state index contributed by atoms with van der Waals surface area (Å²) in [6, 6.07) is 3.74. The zero-order chi connectivity index (χ0) is 22.0. The summed E-state index contributed by atoms with van der Waals surface area (Å²) in [5.74, 6) is 1.39. The summed E-state index contributed by atoms with van der Waals surface area (Å²) in [6.07, 6.45) is 5.27. The van der Waals surface area contributed by atoms with Gasteiger partial charge in [-0.25, -0.2) is 4.98 Å². The maximum Gasteiger partial charge on any atom is 0.259 e. The van der Waals surface area contributed by atoms with Crippen molar-refractivity contribution in [2.75, 3.05) is 13.2 Å². The van der Waals surface area contributed by atoms with Crippen LogP contribution in [-0.4, -0.2) is 44.8 Å². The molecule has 1 aliphatic carbocycles. The molecule has 0 aromatic carbocycles. The number of aryl methyl sites for hydroxylation is 2. The number of aliphatic hydroxyl groups is 1. The Morgan fingerprint density at radius 2 is 2.13 bits per heavy atom. The third-order valence-corrected chi connectivity index (χ3v) is 6.57. The molecule has 0 unspecified atom stereocenters. The summed E-state index contributed by atoms with van der Waals surface area (Å²) in [7, 11) is 0. The Bertz CT molecular complexity index is 1070. The van der Waals surface area contributed by atoms with Crippen LogP contribution >= 0.6 is 11.3 Å². The van der Waals surface area contributed by atoms with Gasteiger partial charge in [-0.05, 0) is 64.2 Å². The molecule has 0 spiro atoms. The summed E-state index contributed by atoms with van der Waals surface area (Å²) in [6.45, 7) is 7.40. The minimum atomic E-state index is -0.668. The lowest BCUT2D eigenvalue weighted by Crippen LogP contribution is -2.37. The molecule has 168 valence electrons. The molecule has 3 aromatic rings. The fourth-order valence-electron chi connectivity index (χ4n) is 4.00. The van der Waals surface area contributed by atoms with Gasteiger partial charge in [0.05, 0.1) is 43.1 Å². The van der Waals surface area contributed by atoms with Gasteiger partial charge in [-0.2, -0.15) is 0 Å². The average Bonchev–Trinajstić information content (AvgIpc) is 3.33. The standard InChI is InChI=1S/C23H31N3O4S/c1-23(2,3)30-14-15(27)11-26(12-16-7-6-10-29-16)13-19-24-21(28)20-17-8-4-5-9-18(17)31-22(20)25-19/h6-7,10,15,27H,4-5,8-9,11-14H2,1-3H3,(H,24,25,28)/t15-/m1/s1. The minimum Gasteiger partial charge on any atom is -0.468 e. The second-order valence-corrected chi connectivity index (χ2v) is 10.3. The number of rotatable bonds is 8. The molecule has 3 heterocycles. The number of hydrogen-bond donors (Lipinski definition) is 2. The topological polar surface area (TPSA) is 91.6 Å². The van der Waals surface area contributed by atoms with E-state index in [9.17, 15) is 9.90 Å². The van der Waals surface area contributed by atoms with E-state index in [1.807, 2.05) is 37.8 Å². The highest BCUT2D eigenvalue weighted by Crippen LogP contribution is 2.33. The predicted molar refractivity (Wildman–Crippen MR) is 121 cm³/mol. The summed E-state index contributed by atoms with van der Waals surface area (Å²) in [5, 5.41) is 11.3. The molecule has 0 saturated carbocycles. The summed E-state index contributed by atoms with van der Waals surface area (Å²) in [4.78, 5) is 24.8. The number of aromatic amines is 1. The number of furan rings is 1. The molecular formula is C23H31N3O4S. The van der Waals surface area contributed by atoms with Crippen LogP contribution in [0.5, 0.6) is 0 Å². The van der Waals surface area contributed by atoms with Crippen LogP contribution in [0.25, 0.3) is 10.2 Å². The first-order valence-electron chi connectivity index (χ1n) is 10.9. The van der Waals surface area contributed by atoms with Gasteiger partial charge in [-0.1, -0.05) is 0 Å². The van der Waals surface area contributed by atoms with Gasteiger partial charge in [0, 0.05) is 11.4 Å². The molecule has 0 saturated heterocycles. The van der Waals surface area contributed by atoms with Gasteiger partial charge >= 0.3 is 0 Å². The van der Waals surface area contributed by atoms with Crippen molar-refractivity contribution in [2.24, 2.45) is 0 Å². The lowest BCUT2D eigenvalue weighted by molar-refractivity contribution is -0.0577. The van der Waals surface area contributed by atoms with E-state index in [1.165, 1.54) is 16.9 Å². The van der Waals surface area contributed by atoms with E-state index in [-0.39, 0.29) is 17.8 Å². The Morgan fingerprint density at radius 1 is 1.32 bits per heavy atom. The first-order chi connectivity index (χ1) is 14.8. The van der Waals surface area contributed by atoms with E-state index >= 15 is 0 Å². The van der Waals surface area contributed by atoms with Crippen molar-refractivity contribution >= 4 is 21.6 Å². The molecule has 1 aliphatic rings. The van der Waals surface area contributed by atoms with E-state index in [4.69, 9.17) is 14.1 Å². The molecule has 0 radical (unpaired) electrons.